The third-order valence-corrected chi connectivity index (χ3v) is 5.16. The van der Waals surface area contributed by atoms with Gasteiger partial charge < -0.3 is 10.4 Å². The van der Waals surface area contributed by atoms with Crippen LogP contribution in [0.25, 0.3) is 0 Å². The molecule has 3 nitrogen and oxygen atoms in total. The van der Waals surface area contributed by atoms with Crippen molar-refractivity contribution in [2.24, 2.45) is 0 Å². The zero-order valence-corrected chi connectivity index (χ0v) is 12.0. The van der Waals surface area contributed by atoms with Gasteiger partial charge in [0.2, 0.25) is 0 Å². The van der Waals surface area contributed by atoms with E-state index in [-0.39, 0.29) is 5.91 Å². The average molecular weight is 288 g/mol. The molecule has 0 spiro atoms. The van der Waals surface area contributed by atoms with Crippen LogP contribution in [-0.2, 0) is 0 Å². The summed E-state index contributed by atoms with van der Waals surface area (Å²) in [5.41, 5.74) is 0.190. The van der Waals surface area contributed by atoms with Crippen LogP contribution >= 0.6 is 22.9 Å². The zero-order valence-electron chi connectivity index (χ0n) is 10.5. The lowest BCUT2D eigenvalue weighted by Crippen LogP contribution is -2.44. The summed E-state index contributed by atoms with van der Waals surface area (Å²) in [5, 5.41) is 15.5. The number of carbonyl (C=O) groups is 1. The SMILES string of the molecule is Cc1csc(C(=O)NCC2(O)CCCCC2)c1Cl. The number of hydrogen-bond donors (Lipinski definition) is 2. The lowest BCUT2D eigenvalue weighted by Gasteiger charge is -2.32. The standard InChI is InChI=1S/C13H18ClNO2S/c1-9-7-18-11(10(9)14)12(16)15-8-13(17)5-3-2-4-6-13/h7,17H,2-6,8H2,1H3,(H,15,16). The number of amides is 1. The quantitative estimate of drug-likeness (QED) is 0.897. The largest absolute Gasteiger partial charge is 0.388 e. The third-order valence-electron chi connectivity index (χ3n) is 3.47. The monoisotopic (exact) mass is 287 g/mol. The molecule has 1 aromatic rings. The van der Waals surface area contributed by atoms with Gasteiger partial charge in [-0.05, 0) is 30.7 Å². The van der Waals surface area contributed by atoms with Gasteiger partial charge in [-0.15, -0.1) is 11.3 Å². The van der Waals surface area contributed by atoms with Crippen LogP contribution < -0.4 is 5.32 Å². The Balaban J connectivity index is 1.94. The van der Waals surface area contributed by atoms with Crippen LogP contribution in [0, 0.1) is 6.92 Å². The summed E-state index contributed by atoms with van der Waals surface area (Å²) < 4.78 is 0. The second kappa shape index (κ2) is 5.59. The van der Waals surface area contributed by atoms with Gasteiger partial charge in [0.15, 0.2) is 0 Å². The van der Waals surface area contributed by atoms with Crippen LogP contribution in [0.15, 0.2) is 5.38 Å². The Labute approximate surface area is 116 Å². The highest BCUT2D eigenvalue weighted by molar-refractivity contribution is 7.13. The van der Waals surface area contributed by atoms with Crippen molar-refractivity contribution in [2.75, 3.05) is 6.54 Å². The van der Waals surface area contributed by atoms with Gasteiger partial charge in [0.05, 0.1) is 10.6 Å². The van der Waals surface area contributed by atoms with Gasteiger partial charge in [-0.1, -0.05) is 30.9 Å². The van der Waals surface area contributed by atoms with Crippen LogP contribution in [0.5, 0.6) is 0 Å². The lowest BCUT2D eigenvalue weighted by molar-refractivity contribution is 0.00529. The van der Waals surface area contributed by atoms with Crippen LogP contribution in [0.3, 0.4) is 0 Å². The minimum absolute atomic E-state index is 0.183. The van der Waals surface area contributed by atoms with Crippen molar-refractivity contribution in [1.82, 2.24) is 5.32 Å². The smallest absolute Gasteiger partial charge is 0.262 e. The van der Waals surface area contributed by atoms with Crippen LogP contribution in [0.1, 0.15) is 47.3 Å². The first-order valence-corrected chi connectivity index (χ1v) is 7.52. The van der Waals surface area contributed by atoms with E-state index in [1.165, 1.54) is 17.8 Å². The van der Waals surface area contributed by atoms with Crippen molar-refractivity contribution >= 4 is 28.8 Å². The molecule has 0 bridgehead atoms. The van der Waals surface area contributed by atoms with E-state index in [2.05, 4.69) is 5.32 Å². The van der Waals surface area contributed by atoms with Crippen molar-refractivity contribution in [2.45, 2.75) is 44.6 Å². The normalized spacial score (nSPS) is 18.6. The molecule has 0 saturated heterocycles. The van der Waals surface area contributed by atoms with Crippen molar-refractivity contribution in [3.63, 3.8) is 0 Å². The molecule has 100 valence electrons. The topological polar surface area (TPSA) is 49.3 Å². The molecule has 0 unspecified atom stereocenters. The minimum Gasteiger partial charge on any atom is -0.388 e. The first-order valence-electron chi connectivity index (χ1n) is 6.26. The Hall–Kier alpha value is -0.580. The molecular formula is C13H18ClNO2S. The Kier molecular flexibility index (Phi) is 4.30. The number of nitrogens with one attached hydrogen (secondary N) is 1. The fourth-order valence-corrected chi connectivity index (χ4v) is 3.49. The zero-order chi connectivity index (χ0) is 13.2. The molecule has 1 aliphatic rings. The number of aliphatic hydroxyl groups is 1. The van der Waals surface area contributed by atoms with E-state index >= 15 is 0 Å². The molecular weight excluding hydrogens is 270 g/mol. The lowest BCUT2D eigenvalue weighted by atomic mass is 9.85. The maximum Gasteiger partial charge on any atom is 0.262 e. The molecule has 1 aromatic heterocycles. The average Bonchev–Trinajstić information content (AvgIpc) is 2.68. The second-order valence-corrected chi connectivity index (χ2v) is 6.29. The summed E-state index contributed by atoms with van der Waals surface area (Å²) in [4.78, 5) is 12.5. The minimum atomic E-state index is -0.729. The van der Waals surface area contributed by atoms with Gasteiger partial charge >= 0.3 is 0 Å². The van der Waals surface area contributed by atoms with Gasteiger partial charge in [-0.3, -0.25) is 4.79 Å². The number of carbonyl (C=O) groups excluding carboxylic acids is 1. The summed E-state index contributed by atoms with van der Waals surface area (Å²) >= 11 is 7.39. The fourth-order valence-electron chi connectivity index (χ4n) is 2.29. The highest BCUT2D eigenvalue weighted by Gasteiger charge is 2.30. The third kappa shape index (κ3) is 3.05. The van der Waals surface area contributed by atoms with E-state index in [1.807, 2.05) is 12.3 Å². The summed E-state index contributed by atoms with van der Waals surface area (Å²) in [7, 11) is 0. The molecule has 0 aromatic carbocycles. The molecule has 2 rings (SSSR count). The summed E-state index contributed by atoms with van der Waals surface area (Å²) in [5.74, 6) is -0.183. The molecule has 1 aliphatic carbocycles. The number of thiophene rings is 1. The van der Waals surface area contributed by atoms with Gasteiger partial charge in [-0.2, -0.15) is 0 Å². The van der Waals surface area contributed by atoms with Crippen molar-refractivity contribution < 1.29 is 9.90 Å². The van der Waals surface area contributed by atoms with Gasteiger partial charge in [0, 0.05) is 6.54 Å². The fraction of sp³-hybridized carbons (Fsp3) is 0.615. The van der Waals surface area contributed by atoms with E-state index in [9.17, 15) is 9.90 Å². The highest BCUT2D eigenvalue weighted by Crippen LogP contribution is 2.29. The van der Waals surface area contributed by atoms with Crippen LogP contribution in [0.4, 0.5) is 0 Å². The Morgan fingerprint density at radius 3 is 2.72 bits per heavy atom. The number of hydrogen-bond acceptors (Lipinski definition) is 3. The Morgan fingerprint density at radius 2 is 2.17 bits per heavy atom. The maximum atomic E-state index is 12.0. The molecule has 0 radical (unpaired) electrons. The van der Waals surface area contributed by atoms with Gasteiger partial charge in [0.1, 0.15) is 4.88 Å². The highest BCUT2D eigenvalue weighted by atomic mass is 35.5. The second-order valence-electron chi connectivity index (χ2n) is 5.03. The molecule has 1 fully saturated rings. The van der Waals surface area contributed by atoms with Gasteiger partial charge in [0.25, 0.3) is 5.91 Å². The summed E-state index contributed by atoms with van der Waals surface area (Å²) in [6, 6.07) is 0. The first-order chi connectivity index (χ1) is 8.52. The van der Waals surface area contributed by atoms with Crippen LogP contribution in [-0.4, -0.2) is 23.2 Å². The van der Waals surface area contributed by atoms with Gasteiger partial charge in [-0.25, -0.2) is 0 Å². The molecule has 0 aliphatic heterocycles. The Bertz CT molecular complexity index is 438. The molecule has 1 amide bonds. The predicted molar refractivity (Wildman–Crippen MR) is 74.4 cm³/mol. The van der Waals surface area contributed by atoms with Crippen molar-refractivity contribution in [3.8, 4) is 0 Å². The van der Waals surface area contributed by atoms with E-state index in [4.69, 9.17) is 11.6 Å². The molecule has 1 saturated carbocycles. The summed E-state index contributed by atoms with van der Waals surface area (Å²) in [6.07, 6.45) is 4.78. The van der Waals surface area contributed by atoms with E-state index in [0.717, 1.165) is 31.2 Å². The summed E-state index contributed by atoms with van der Waals surface area (Å²) in [6.45, 7) is 2.20. The maximum absolute atomic E-state index is 12.0. The molecule has 0 atom stereocenters. The number of rotatable bonds is 3. The van der Waals surface area contributed by atoms with E-state index < -0.39 is 5.60 Å². The Morgan fingerprint density at radius 1 is 1.50 bits per heavy atom. The number of halogens is 1. The first kappa shape index (κ1) is 13.8. The van der Waals surface area contributed by atoms with Crippen LogP contribution in [0.2, 0.25) is 5.02 Å². The molecule has 1 heterocycles. The molecule has 5 heteroatoms. The number of aryl methyl sites for hydroxylation is 1. The molecule has 18 heavy (non-hydrogen) atoms. The van der Waals surface area contributed by atoms with Crippen molar-refractivity contribution in [1.29, 1.82) is 0 Å². The van der Waals surface area contributed by atoms with E-state index in [0.29, 0.717) is 16.4 Å². The van der Waals surface area contributed by atoms with E-state index in [1.54, 1.807) is 0 Å². The molecule has 2 N–H and O–H groups in total. The predicted octanol–water partition coefficient (Wildman–Crippen LogP) is 3.13. The van der Waals surface area contributed by atoms with Crippen molar-refractivity contribution in [3.05, 3.63) is 20.8 Å².